The van der Waals surface area contributed by atoms with Crippen LogP contribution in [0.2, 0.25) is 0 Å². The van der Waals surface area contributed by atoms with Gasteiger partial charge in [0.25, 0.3) is 0 Å². The van der Waals surface area contributed by atoms with Gasteiger partial charge in [-0.2, -0.15) is 0 Å². The molecule has 7 heteroatoms. The van der Waals surface area contributed by atoms with Crippen molar-refractivity contribution in [3.05, 3.63) is 42.2 Å². The van der Waals surface area contributed by atoms with E-state index in [1.807, 2.05) is 0 Å². The Morgan fingerprint density at radius 1 is 1.30 bits per heavy atom. The second kappa shape index (κ2) is 5.18. The van der Waals surface area contributed by atoms with Gasteiger partial charge < -0.3 is 10.1 Å². The molecule has 102 valence electrons. The maximum atomic E-state index is 14.0. The minimum absolute atomic E-state index is 0.389. The summed E-state index contributed by atoms with van der Waals surface area (Å²) in [5.41, 5.74) is 1.77. The van der Waals surface area contributed by atoms with Crippen molar-refractivity contribution in [3.8, 4) is 0 Å². The third-order valence-corrected chi connectivity index (χ3v) is 3.89. The van der Waals surface area contributed by atoms with Crippen LogP contribution in [0.4, 0.5) is 4.39 Å². The van der Waals surface area contributed by atoms with E-state index in [4.69, 9.17) is 0 Å². The number of benzene rings is 1. The first kappa shape index (κ1) is 13.0. The molecule has 0 aliphatic heterocycles. The van der Waals surface area contributed by atoms with Crippen molar-refractivity contribution in [2.24, 2.45) is 0 Å². The van der Waals surface area contributed by atoms with Crippen LogP contribution >= 0.6 is 11.8 Å². The largest absolute Gasteiger partial charge is 0.389 e. The zero-order chi connectivity index (χ0) is 14.1. The topological polar surface area (TPSA) is 74.7 Å². The fraction of sp³-hybridized carbons (Fsp3) is 0.154. The van der Waals surface area contributed by atoms with Crippen LogP contribution in [0.5, 0.6) is 0 Å². The molecule has 0 saturated heterocycles. The van der Waals surface area contributed by atoms with Gasteiger partial charge in [0.15, 0.2) is 5.65 Å². The molecule has 0 saturated carbocycles. The smallest absolute Gasteiger partial charge is 0.181 e. The number of halogens is 1. The molecule has 0 spiro atoms. The van der Waals surface area contributed by atoms with E-state index in [0.29, 0.717) is 26.6 Å². The van der Waals surface area contributed by atoms with Crippen molar-refractivity contribution in [2.75, 3.05) is 0 Å². The van der Waals surface area contributed by atoms with Crippen LogP contribution < -0.4 is 0 Å². The molecule has 3 aromatic rings. The van der Waals surface area contributed by atoms with Crippen LogP contribution in [0, 0.1) is 5.82 Å². The normalized spacial score (nSPS) is 12.8. The summed E-state index contributed by atoms with van der Waals surface area (Å²) in [6.07, 6.45) is 2.23. The average molecular weight is 290 g/mol. The summed E-state index contributed by atoms with van der Waals surface area (Å²) >= 11 is 1.19. The van der Waals surface area contributed by atoms with Crippen molar-refractivity contribution in [1.29, 1.82) is 0 Å². The van der Waals surface area contributed by atoms with E-state index < -0.39 is 6.10 Å². The third kappa shape index (κ3) is 2.37. The van der Waals surface area contributed by atoms with E-state index in [9.17, 15) is 9.50 Å². The number of nitrogens with one attached hydrogen (secondary N) is 1. The highest BCUT2D eigenvalue weighted by atomic mass is 32.2. The number of aliphatic hydroxyl groups is 1. The Hall–Kier alpha value is -1.99. The molecule has 1 aromatic carbocycles. The highest BCUT2D eigenvalue weighted by molar-refractivity contribution is 7.99. The number of H-pyrrole nitrogens is 1. The number of nitrogens with zero attached hydrogens (tertiary/aromatic N) is 3. The third-order valence-electron chi connectivity index (χ3n) is 2.83. The molecule has 5 nitrogen and oxygen atoms in total. The fourth-order valence-corrected chi connectivity index (χ4v) is 2.64. The van der Waals surface area contributed by atoms with Gasteiger partial charge in [0, 0.05) is 4.90 Å². The Morgan fingerprint density at radius 3 is 2.90 bits per heavy atom. The van der Waals surface area contributed by atoms with Gasteiger partial charge in [-0.25, -0.2) is 19.3 Å². The molecule has 2 N–H and O–H groups in total. The lowest BCUT2D eigenvalue weighted by atomic mass is 10.1. The number of imidazole rings is 1. The molecule has 2 aromatic heterocycles. The van der Waals surface area contributed by atoms with Gasteiger partial charge in [-0.05, 0) is 24.6 Å². The number of rotatable bonds is 3. The number of hydrogen-bond acceptors (Lipinski definition) is 5. The van der Waals surface area contributed by atoms with Crippen molar-refractivity contribution in [3.63, 3.8) is 0 Å². The maximum Gasteiger partial charge on any atom is 0.181 e. The summed E-state index contributed by atoms with van der Waals surface area (Å²) in [6.45, 7) is 1.60. The lowest BCUT2D eigenvalue weighted by Crippen LogP contribution is -1.93. The van der Waals surface area contributed by atoms with Crippen LogP contribution in [0.1, 0.15) is 18.6 Å². The predicted molar refractivity (Wildman–Crippen MR) is 72.8 cm³/mol. The zero-order valence-corrected chi connectivity index (χ0v) is 11.4. The van der Waals surface area contributed by atoms with E-state index in [-0.39, 0.29) is 5.82 Å². The van der Waals surface area contributed by atoms with Crippen LogP contribution in [0.15, 0.2) is 40.8 Å². The number of aromatic amines is 1. The molecule has 3 rings (SSSR count). The monoisotopic (exact) mass is 290 g/mol. The van der Waals surface area contributed by atoms with Gasteiger partial charge >= 0.3 is 0 Å². The molecule has 20 heavy (non-hydrogen) atoms. The first-order valence-corrected chi connectivity index (χ1v) is 6.76. The van der Waals surface area contributed by atoms with E-state index in [2.05, 4.69) is 19.9 Å². The van der Waals surface area contributed by atoms with Gasteiger partial charge in [-0.1, -0.05) is 17.8 Å². The van der Waals surface area contributed by atoms with E-state index >= 15 is 0 Å². The number of hydrogen-bond donors (Lipinski definition) is 2. The summed E-state index contributed by atoms with van der Waals surface area (Å²) in [6, 6.07) is 4.66. The van der Waals surface area contributed by atoms with Gasteiger partial charge in [0.2, 0.25) is 0 Å². The van der Waals surface area contributed by atoms with E-state index in [0.717, 1.165) is 0 Å². The lowest BCUT2D eigenvalue weighted by Gasteiger charge is -2.07. The minimum atomic E-state index is -0.693. The second-order valence-corrected chi connectivity index (χ2v) is 5.28. The molecule has 2 heterocycles. The maximum absolute atomic E-state index is 14.0. The Balaban J connectivity index is 1.97. The SMILES string of the molecule is C[C@@H](O)c1ccc(Sc2ncnc3nc[nH]c23)c(F)c1. The van der Waals surface area contributed by atoms with Crippen molar-refractivity contribution < 1.29 is 9.50 Å². The Bertz CT molecular complexity index is 759. The fourth-order valence-electron chi connectivity index (χ4n) is 1.78. The summed E-state index contributed by atoms with van der Waals surface area (Å²) in [7, 11) is 0. The molecular weight excluding hydrogens is 279 g/mol. The molecule has 0 bridgehead atoms. The molecule has 0 aliphatic rings. The van der Waals surface area contributed by atoms with Gasteiger partial charge in [-0.3, -0.25) is 0 Å². The molecule has 0 unspecified atom stereocenters. The summed E-state index contributed by atoms with van der Waals surface area (Å²) in [4.78, 5) is 15.6. The second-order valence-electron chi connectivity index (χ2n) is 4.25. The summed E-state index contributed by atoms with van der Waals surface area (Å²) < 4.78 is 14.0. The van der Waals surface area contributed by atoms with Crippen LogP contribution in [-0.2, 0) is 0 Å². The Kier molecular flexibility index (Phi) is 3.37. The lowest BCUT2D eigenvalue weighted by molar-refractivity contribution is 0.198. The highest BCUT2D eigenvalue weighted by Crippen LogP contribution is 2.32. The van der Waals surface area contributed by atoms with Crippen LogP contribution in [0.25, 0.3) is 11.2 Å². The molecule has 1 atom stereocenters. The Labute approximate surface area is 118 Å². The molecule has 0 fully saturated rings. The average Bonchev–Trinajstić information content (AvgIpc) is 2.90. The number of aliphatic hydroxyl groups excluding tert-OH is 1. The van der Waals surface area contributed by atoms with Gasteiger partial charge in [-0.15, -0.1) is 0 Å². The highest BCUT2D eigenvalue weighted by Gasteiger charge is 2.12. The predicted octanol–water partition coefficient (Wildman–Crippen LogP) is 2.70. The van der Waals surface area contributed by atoms with Gasteiger partial charge in [0.1, 0.15) is 22.7 Å². The zero-order valence-electron chi connectivity index (χ0n) is 10.5. The molecule has 0 amide bonds. The van der Waals surface area contributed by atoms with Gasteiger partial charge in [0.05, 0.1) is 12.4 Å². The standard InChI is InChI=1S/C13H11FN4OS/c1-7(19)8-2-3-10(9(14)4-8)20-13-11-12(16-5-15-11)17-6-18-13/h2-7,19H,1H3,(H,15,16,17,18)/t7-/m1/s1. The van der Waals surface area contributed by atoms with E-state index in [1.54, 1.807) is 19.1 Å². The van der Waals surface area contributed by atoms with Crippen molar-refractivity contribution in [1.82, 2.24) is 19.9 Å². The van der Waals surface area contributed by atoms with Crippen molar-refractivity contribution >= 4 is 22.9 Å². The van der Waals surface area contributed by atoms with Crippen LogP contribution in [-0.4, -0.2) is 25.0 Å². The first-order valence-electron chi connectivity index (χ1n) is 5.94. The molecular formula is C13H11FN4OS. The Morgan fingerprint density at radius 2 is 2.15 bits per heavy atom. The molecule has 0 radical (unpaired) electrons. The minimum Gasteiger partial charge on any atom is -0.389 e. The van der Waals surface area contributed by atoms with Crippen molar-refractivity contribution in [2.45, 2.75) is 22.9 Å². The summed E-state index contributed by atoms with van der Waals surface area (Å²) in [5, 5.41) is 10.0. The number of fused-ring (bicyclic) bond motifs is 1. The first-order chi connectivity index (χ1) is 9.65. The number of aromatic nitrogens is 4. The molecule has 0 aliphatic carbocycles. The quantitative estimate of drug-likeness (QED) is 0.725. The van der Waals surface area contributed by atoms with E-state index in [1.165, 1.54) is 30.5 Å². The summed E-state index contributed by atoms with van der Waals surface area (Å²) in [5.74, 6) is -0.389. The van der Waals surface area contributed by atoms with Crippen LogP contribution in [0.3, 0.4) is 0 Å².